The molecule has 0 rings (SSSR count). The Balaban J connectivity index is 3.90. The van der Waals surface area contributed by atoms with Crippen molar-refractivity contribution in [1.82, 2.24) is 5.34 Å². The highest BCUT2D eigenvalue weighted by Gasteiger charge is 2.32. The average Bonchev–Trinajstić information content (AvgIpc) is 1.67. The first kappa shape index (κ1) is 7.42. The summed E-state index contributed by atoms with van der Waals surface area (Å²) in [7, 11) is 0. The Hall–Kier alpha value is -0.580. The molecule has 0 spiro atoms. The monoisotopic (exact) mass is 127 g/mol. The molecule has 0 aromatic heterocycles. The molecule has 2 nitrogen and oxygen atoms in total. The SMILES string of the molecule is C[C@@](F)(C=O)N(F)F. The number of nitrogens with zero attached hydrogens (tertiary/aromatic N) is 1. The smallest absolute Gasteiger partial charge is 0.273 e. The van der Waals surface area contributed by atoms with Crippen LogP contribution in [0.1, 0.15) is 6.92 Å². The highest BCUT2D eigenvalue weighted by molar-refractivity contribution is 5.59. The lowest BCUT2D eigenvalue weighted by Gasteiger charge is -2.10. The fourth-order valence-corrected chi connectivity index (χ4v) is 0.0398. The largest absolute Gasteiger partial charge is 0.298 e. The van der Waals surface area contributed by atoms with Crippen LogP contribution in [0.25, 0.3) is 0 Å². The number of rotatable bonds is 2. The molecule has 0 unspecified atom stereocenters. The van der Waals surface area contributed by atoms with E-state index in [0.29, 0.717) is 6.92 Å². The van der Waals surface area contributed by atoms with E-state index in [2.05, 4.69) is 0 Å². The Morgan fingerprint density at radius 3 is 2.00 bits per heavy atom. The van der Waals surface area contributed by atoms with Crippen LogP contribution in [-0.4, -0.2) is 17.4 Å². The standard InChI is InChI=1S/C3H4F3NO/c1-3(4,2-8)7(5)6/h2H,1H3/t3-/m0/s1. The van der Waals surface area contributed by atoms with E-state index >= 15 is 0 Å². The fraction of sp³-hybridized carbons (Fsp3) is 0.667. The van der Waals surface area contributed by atoms with Gasteiger partial charge in [-0.1, -0.05) is 8.96 Å². The van der Waals surface area contributed by atoms with E-state index in [0.717, 1.165) is 0 Å². The van der Waals surface area contributed by atoms with Crippen molar-refractivity contribution in [2.45, 2.75) is 12.7 Å². The Labute approximate surface area is 43.8 Å². The van der Waals surface area contributed by atoms with Gasteiger partial charge in [0.25, 0.3) is 5.79 Å². The van der Waals surface area contributed by atoms with Gasteiger partial charge in [-0.2, -0.15) is 0 Å². The number of hydrogen-bond acceptors (Lipinski definition) is 2. The van der Waals surface area contributed by atoms with Crippen molar-refractivity contribution in [2.24, 2.45) is 0 Å². The molecular formula is C3H4F3NO. The minimum absolute atomic E-state index is 0.458. The lowest BCUT2D eigenvalue weighted by atomic mass is 10.4. The van der Waals surface area contributed by atoms with Gasteiger partial charge in [0.2, 0.25) is 0 Å². The van der Waals surface area contributed by atoms with Gasteiger partial charge in [0.05, 0.1) is 5.34 Å². The molecule has 0 fully saturated rings. The summed E-state index contributed by atoms with van der Waals surface area (Å²) in [5, 5.41) is -1.79. The molecule has 0 aromatic rings. The predicted molar refractivity (Wildman–Crippen MR) is 19.6 cm³/mol. The number of carbonyl (C=O) groups is 1. The highest BCUT2D eigenvalue weighted by Crippen LogP contribution is 2.13. The van der Waals surface area contributed by atoms with Crippen LogP contribution in [0, 0.1) is 0 Å². The number of hydrogen-bond donors (Lipinski definition) is 0. The van der Waals surface area contributed by atoms with Gasteiger partial charge in [0.15, 0.2) is 6.29 Å². The summed E-state index contributed by atoms with van der Waals surface area (Å²) in [4.78, 5) is 9.37. The van der Waals surface area contributed by atoms with Crippen molar-refractivity contribution < 1.29 is 18.1 Å². The van der Waals surface area contributed by atoms with Crippen LogP contribution in [0.4, 0.5) is 13.4 Å². The van der Waals surface area contributed by atoms with Crippen molar-refractivity contribution in [1.29, 1.82) is 0 Å². The van der Waals surface area contributed by atoms with Gasteiger partial charge in [-0.3, -0.25) is 4.79 Å². The molecule has 8 heavy (non-hydrogen) atoms. The summed E-state index contributed by atoms with van der Waals surface area (Å²) < 4.78 is 33.8. The average molecular weight is 127 g/mol. The van der Waals surface area contributed by atoms with Crippen LogP contribution in [-0.2, 0) is 4.79 Å². The lowest BCUT2D eigenvalue weighted by molar-refractivity contribution is -0.255. The van der Waals surface area contributed by atoms with E-state index in [1.165, 1.54) is 0 Å². The molecule has 1 atom stereocenters. The van der Waals surface area contributed by atoms with E-state index in [1.807, 2.05) is 0 Å². The van der Waals surface area contributed by atoms with E-state index in [9.17, 15) is 18.1 Å². The maximum atomic E-state index is 11.8. The third-order valence-electron chi connectivity index (χ3n) is 0.546. The van der Waals surface area contributed by atoms with E-state index in [1.54, 1.807) is 0 Å². The molecular weight excluding hydrogens is 123 g/mol. The van der Waals surface area contributed by atoms with Crippen LogP contribution in [0.2, 0.25) is 0 Å². The fourth-order valence-electron chi connectivity index (χ4n) is 0.0398. The normalized spacial score (nSPS) is 18.1. The number of carbonyl (C=O) groups excluding carboxylic acids is 1. The second-order valence-corrected chi connectivity index (χ2v) is 1.37. The molecule has 5 heteroatoms. The minimum Gasteiger partial charge on any atom is -0.298 e. The second-order valence-electron chi connectivity index (χ2n) is 1.37. The molecule has 0 radical (unpaired) electrons. The number of alkyl halides is 1. The predicted octanol–water partition coefficient (Wildman–Crippen LogP) is 0.942. The molecule has 0 bridgehead atoms. The number of aldehydes is 1. The highest BCUT2D eigenvalue weighted by atomic mass is 19.4. The summed E-state index contributed by atoms with van der Waals surface area (Å²) in [6.07, 6.45) is -0.479. The van der Waals surface area contributed by atoms with Crippen LogP contribution < -0.4 is 0 Å². The topological polar surface area (TPSA) is 20.3 Å². The van der Waals surface area contributed by atoms with Crippen molar-refractivity contribution in [2.75, 3.05) is 0 Å². The summed E-state index contributed by atoms with van der Waals surface area (Å²) in [5.41, 5.74) is 0. The molecule has 48 valence electrons. The zero-order chi connectivity index (χ0) is 6.78. The lowest BCUT2D eigenvalue weighted by Crippen LogP contribution is -2.32. The van der Waals surface area contributed by atoms with E-state index < -0.39 is 17.4 Å². The summed E-state index contributed by atoms with van der Waals surface area (Å²) in [6.45, 7) is 0.458. The van der Waals surface area contributed by atoms with Crippen LogP contribution in [0.5, 0.6) is 0 Å². The third-order valence-corrected chi connectivity index (χ3v) is 0.546. The molecule has 0 heterocycles. The number of halogens is 3. The van der Waals surface area contributed by atoms with Crippen molar-refractivity contribution in [3.63, 3.8) is 0 Å². The van der Waals surface area contributed by atoms with Gasteiger partial charge in [-0.15, -0.1) is 0 Å². The molecule has 0 aromatic carbocycles. The molecule has 0 aliphatic heterocycles. The Morgan fingerprint density at radius 1 is 1.62 bits per heavy atom. The first-order valence-electron chi connectivity index (χ1n) is 1.78. The van der Waals surface area contributed by atoms with Crippen LogP contribution in [0.3, 0.4) is 0 Å². The first-order chi connectivity index (χ1) is 3.50. The Morgan fingerprint density at radius 2 is 2.00 bits per heavy atom. The summed E-state index contributed by atoms with van der Waals surface area (Å²) in [5.74, 6) is -3.14. The third kappa shape index (κ3) is 1.49. The van der Waals surface area contributed by atoms with Gasteiger partial charge in [0, 0.05) is 0 Å². The minimum atomic E-state index is -3.14. The van der Waals surface area contributed by atoms with Crippen LogP contribution >= 0.6 is 0 Å². The molecule has 0 amide bonds. The van der Waals surface area contributed by atoms with Crippen LogP contribution in [0.15, 0.2) is 0 Å². The molecule has 0 saturated carbocycles. The van der Waals surface area contributed by atoms with Gasteiger partial charge >= 0.3 is 0 Å². The molecule has 0 N–H and O–H groups in total. The van der Waals surface area contributed by atoms with Crippen molar-refractivity contribution in [3.8, 4) is 0 Å². The second kappa shape index (κ2) is 2.13. The Kier molecular flexibility index (Phi) is 1.97. The van der Waals surface area contributed by atoms with Crippen molar-refractivity contribution in [3.05, 3.63) is 0 Å². The van der Waals surface area contributed by atoms with Gasteiger partial charge in [-0.25, -0.2) is 4.39 Å². The molecule has 0 saturated heterocycles. The van der Waals surface area contributed by atoms with Gasteiger partial charge in [-0.05, 0) is 6.92 Å². The van der Waals surface area contributed by atoms with Gasteiger partial charge < -0.3 is 0 Å². The first-order valence-corrected chi connectivity index (χ1v) is 1.78. The maximum absolute atomic E-state index is 11.8. The zero-order valence-electron chi connectivity index (χ0n) is 4.07. The van der Waals surface area contributed by atoms with Crippen molar-refractivity contribution >= 4 is 6.29 Å². The Bertz CT molecular complexity index is 92.5. The summed E-state index contributed by atoms with van der Waals surface area (Å²) in [6, 6.07) is 0. The molecule has 0 aliphatic carbocycles. The van der Waals surface area contributed by atoms with E-state index in [-0.39, 0.29) is 0 Å². The molecule has 0 aliphatic rings. The summed E-state index contributed by atoms with van der Waals surface area (Å²) >= 11 is 0. The maximum Gasteiger partial charge on any atom is 0.273 e. The van der Waals surface area contributed by atoms with Gasteiger partial charge in [0.1, 0.15) is 0 Å². The van der Waals surface area contributed by atoms with E-state index in [4.69, 9.17) is 0 Å². The quantitative estimate of drug-likeness (QED) is 0.312. The zero-order valence-corrected chi connectivity index (χ0v) is 4.07.